The molecule has 1 aliphatic carbocycles. The molecule has 6 heteroatoms. The topological polar surface area (TPSA) is 71.2 Å². The highest BCUT2D eigenvalue weighted by Crippen LogP contribution is 2.41. The molecule has 1 saturated carbocycles. The van der Waals surface area contributed by atoms with Crippen molar-refractivity contribution in [1.29, 1.82) is 0 Å². The zero-order valence-electron chi connectivity index (χ0n) is 11.4. The summed E-state index contributed by atoms with van der Waals surface area (Å²) in [7, 11) is 0. The van der Waals surface area contributed by atoms with E-state index in [4.69, 9.17) is 5.11 Å². The summed E-state index contributed by atoms with van der Waals surface area (Å²) < 4.78 is 1.69. The monoisotopic (exact) mass is 264 g/mol. The maximum absolute atomic E-state index is 10.8. The van der Waals surface area contributed by atoms with Crippen LogP contribution in [0.5, 0.6) is 0 Å². The van der Waals surface area contributed by atoms with E-state index in [0.717, 1.165) is 13.1 Å². The molecule has 0 radical (unpaired) electrons. The molecule has 1 aromatic heterocycles. The molecule has 0 bridgehead atoms. The molecule has 2 heterocycles. The number of aromatic carboxylic acids is 1. The number of likely N-dealkylation sites (tertiary alicyclic amines) is 1. The number of carbonyl (C=O) groups is 1. The van der Waals surface area contributed by atoms with Crippen LogP contribution in [-0.4, -0.2) is 50.1 Å². The van der Waals surface area contributed by atoms with Crippen LogP contribution in [0.1, 0.15) is 49.6 Å². The smallest absolute Gasteiger partial charge is 0.358 e. The number of nitrogens with zero attached hydrogens (tertiary/aromatic N) is 4. The lowest BCUT2D eigenvalue weighted by atomic mass is 9.91. The Labute approximate surface area is 112 Å². The molecule has 104 valence electrons. The van der Waals surface area contributed by atoms with Crippen molar-refractivity contribution < 1.29 is 9.90 Å². The number of rotatable bonds is 3. The van der Waals surface area contributed by atoms with Gasteiger partial charge in [-0.25, -0.2) is 9.48 Å². The quantitative estimate of drug-likeness (QED) is 0.893. The predicted octanol–water partition coefficient (Wildman–Crippen LogP) is 1.41. The molecule has 0 amide bonds. The van der Waals surface area contributed by atoms with Crippen molar-refractivity contribution in [2.24, 2.45) is 5.41 Å². The van der Waals surface area contributed by atoms with E-state index in [1.807, 2.05) is 0 Å². The molecule has 1 N–H and O–H groups in total. The van der Waals surface area contributed by atoms with Crippen LogP contribution in [0.2, 0.25) is 0 Å². The zero-order valence-corrected chi connectivity index (χ0v) is 11.4. The third-order valence-electron chi connectivity index (χ3n) is 4.45. The van der Waals surface area contributed by atoms with Gasteiger partial charge in [0.25, 0.3) is 0 Å². The van der Waals surface area contributed by atoms with Gasteiger partial charge < -0.3 is 5.11 Å². The Morgan fingerprint density at radius 3 is 2.68 bits per heavy atom. The van der Waals surface area contributed by atoms with Gasteiger partial charge in [-0.05, 0) is 24.7 Å². The Morgan fingerprint density at radius 1 is 1.42 bits per heavy atom. The molecule has 2 aliphatic rings. The summed E-state index contributed by atoms with van der Waals surface area (Å²) in [5.41, 5.74) is 0.500. The fraction of sp³-hybridized carbons (Fsp3) is 0.769. The number of carboxylic acids is 1. The molecule has 3 rings (SSSR count). The van der Waals surface area contributed by atoms with Crippen LogP contribution in [0.4, 0.5) is 0 Å². The minimum absolute atomic E-state index is 0.0282. The first-order valence-electron chi connectivity index (χ1n) is 6.84. The van der Waals surface area contributed by atoms with Gasteiger partial charge in [0.05, 0.1) is 12.2 Å². The van der Waals surface area contributed by atoms with E-state index in [1.54, 1.807) is 4.68 Å². The van der Waals surface area contributed by atoms with Gasteiger partial charge in [0.1, 0.15) is 0 Å². The van der Waals surface area contributed by atoms with E-state index in [0.29, 0.717) is 11.5 Å². The molecule has 0 aromatic carbocycles. The lowest BCUT2D eigenvalue weighted by Gasteiger charge is -2.43. The van der Waals surface area contributed by atoms with Crippen LogP contribution in [0, 0.1) is 5.41 Å². The number of carboxylic acid groups (broad SMARTS) is 1. The molecule has 1 saturated heterocycles. The van der Waals surface area contributed by atoms with Crippen molar-refractivity contribution in [1.82, 2.24) is 19.9 Å². The molecule has 19 heavy (non-hydrogen) atoms. The van der Waals surface area contributed by atoms with Gasteiger partial charge in [-0.1, -0.05) is 19.1 Å². The summed E-state index contributed by atoms with van der Waals surface area (Å²) >= 11 is 0. The molecule has 1 aliphatic heterocycles. The maximum atomic E-state index is 10.8. The minimum atomic E-state index is -1.01. The van der Waals surface area contributed by atoms with Crippen molar-refractivity contribution in [3.8, 4) is 0 Å². The van der Waals surface area contributed by atoms with E-state index < -0.39 is 5.97 Å². The molecule has 0 spiro atoms. The van der Waals surface area contributed by atoms with Crippen molar-refractivity contribution in [3.63, 3.8) is 0 Å². The van der Waals surface area contributed by atoms with Gasteiger partial charge in [-0.3, -0.25) is 4.90 Å². The molecular formula is C13H20N4O2. The summed E-state index contributed by atoms with van der Waals surface area (Å²) in [6, 6.07) is 0.970. The van der Waals surface area contributed by atoms with Crippen molar-refractivity contribution >= 4 is 5.97 Å². The minimum Gasteiger partial charge on any atom is -0.476 e. The molecule has 1 atom stereocenters. The zero-order chi connectivity index (χ0) is 13.6. The first-order valence-corrected chi connectivity index (χ1v) is 6.84. The second kappa shape index (κ2) is 4.30. The Kier molecular flexibility index (Phi) is 2.85. The van der Waals surface area contributed by atoms with E-state index in [2.05, 4.69) is 29.1 Å². The number of hydrogen-bond acceptors (Lipinski definition) is 4. The lowest BCUT2D eigenvalue weighted by molar-refractivity contribution is 0.0500. The second-order valence-electron chi connectivity index (χ2n) is 6.56. The maximum Gasteiger partial charge on any atom is 0.358 e. The summed E-state index contributed by atoms with van der Waals surface area (Å²) in [6.45, 7) is 6.59. The Bertz CT molecular complexity index is 491. The van der Waals surface area contributed by atoms with Crippen LogP contribution in [0.3, 0.4) is 0 Å². The fourth-order valence-electron chi connectivity index (χ4n) is 3.22. The Morgan fingerprint density at radius 2 is 2.16 bits per heavy atom. The Hall–Kier alpha value is -1.43. The molecular weight excluding hydrogens is 244 g/mol. The first kappa shape index (κ1) is 12.6. The van der Waals surface area contributed by atoms with Gasteiger partial charge in [0.15, 0.2) is 5.69 Å². The molecule has 1 aromatic rings. The van der Waals surface area contributed by atoms with E-state index in [9.17, 15) is 4.79 Å². The first-order chi connectivity index (χ1) is 8.94. The van der Waals surface area contributed by atoms with Crippen molar-refractivity contribution in [2.75, 3.05) is 13.1 Å². The Balaban J connectivity index is 1.56. The third kappa shape index (κ3) is 2.36. The normalized spacial score (nSPS) is 27.4. The highest BCUT2D eigenvalue weighted by molar-refractivity contribution is 5.84. The summed E-state index contributed by atoms with van der Waals surface area (Å²) in [6.07, 6.45) is 5.36. The van der Waals surface area contributed by atoms with Gasteiger partial charge >= 0.3 is 5.97 Å². The van der Waals surface area contributed by atoms with Crippen molar-refractivity contribution in [3.05, 3.63) is 11.9 Å². The summed E-state index contributed by atoms with van der Waals surface area (Å²) in [5.74, 6) is -1.01. The lowest BCUT2D eigenvalue weighted by Crippen LogP contribution is -2.52. The van der Waals surface area contributed by atoms with Gasteiger partial charge in [-0.15, -0.1) is 5.10 Å². The highest BCUT2D eigenvalue weighted by Gasteiger charge is 2.40. The molecule has 6 nitrogen and oxygen atoms in total. The van der Waals surface area contributed by atoms with E-state index in [-0.39, 0.29) is 11.7 Å². The van der Waals surface area contributed by atoms with Crippen molar-refractivity contribution in [2.45, 2.75) is 45.2 Å². The molecule has 2 fully saturated rings. The van der Waals surface area contributed by atoms with Crippen LogP contribution in [0.25, 0.3) is 0 Å². The third-order valence-corrected chi connectivity index (χ3v) is 4.45. The van der Waals surface area contributed by atoms with Crippen LogP contribution in [0.15, 0.2) is 6.20 Å². The predicted molar refractivity (Wildman–Crippen MR) is 69.0 cm³/mol. The largest absolute Gasteiger partial charge is 0.476 e. The van der Waals surface area contributed by atoms with Crippen LogP contribution in [-0.2, 0) is 0 Å². The fourth-order valence-corrected chi connectivity index (χ4v) is 3.22. The average molecular weight is 264 g/mol. The van der Waals surface area contributed by atoms with Gasteiger partial charge in [-0.2, -0.15) is 0 Å². The van der Waals surface area contributed by atoms with Gasteiger partial charge in [0, 0.05) is 19.1 Å². The number of aromatic nitrogens is 3. The van der Waals surface area contributed by atoms with Crippen LogP contribution < -0.4 is 0 Å². The second-order valence-corrected chi connectivity index (χ2v) is 6.56. The highest BCUT2D eigenvalue weighted by atomic mass is 16.4. The standard InChI is InChI=1S/C13H20N4O2/c1-13(2)4-3-9(5-13)16-6-10(7-16)17-8-11(12(18)19)14-15-17/h8-10H,3-7H2,1-2H3,(H,18,19). The SMILES string of the molecule is CC1(C)CCC(N2CC(n3cc(C(=O)O)nn3)C2)C1. The summed E-state index contributed by atoms with van der Waals surface area (Å²) in [5, 5.41) is 16.4. The summed E-state index contributed by atoms with van der Waals surface area (Å²) in [4.78, 5) is 13.2. The van der Waals surface area contributed by atoms with E-state index >= 15 is 0 Å². The molecule has 1 unspecified atom stereocenters. The van der Waals surface area contributed by atoms with Crippen LogP contribution >= 0.6 is 0 Å². The van der Waals surface area contributed by atoms with E-state index in [1.165, 1.54) is 25.5 Å². The van der Waals surface area contributed by atoms with Gasteiger partial charge in [0.2, 0.25) is 0 Å². The average Bonchev–Trinajstić information content (AvgIpc) is 2.84. The number of hydrogen-bond donors (Lipinski definition) is 1.